The van der Waals surface area contributed by atoms with Crippen LogP contribution in [-0.2, 0) is 0 Å². The van der Waals surface area contributed by atoms with E-state index in [-0.39, 0.29) is 11.6 Å². The van der Waals surface area contributed by atoms with Crippen LogP contribution in [0.1, 0.15) is 63.4 Å². The molecule has 0 atom stereocenters. The number of hydrogen-bond acceptors (Lipinski definition) is 3. The van der Waals surface area contributed by atoms with E-state index in [4.69, 9.17) is 0 Å². The normalized spacial score (nSPS) is 16.1. The van der Waals surface area contributed by atoms with Gasteiger partial charge < -0.3 is 4.98 Å². The Bertz CT molecular complexity index is 769. The van der Waals surface area contributed by atoms with Gasteiger partial charge in [-0.25, -0.2) is 0 Å². The number of nitrogens with one attached hydrogen (secondary N) is 1. The number of nitrogens with zero attached hydrogens (tertiary/aromatic N) is 1. The molecule has 1 saturated heterocycles. The minimum atomic E-state index is 0.00831. The molecular formula is C21H26N2O2. The molecule has 4 nitrogen and oxygen atoms in total. The predicted octanol–water partition coefficient (Wildman–Crippen LogP) is 3.90. The van der Waals surface area contributed by atoms with E-state index in [1.165, 1.54) is 5.56 Å². The van der Waals surface area contributed by atoms with Crippen LogP contribution < -0.4 is 0 Å². The van der Waals surface area contributed by atoms with Crippen molar-refractivity contribution >= 4 is 11.6 Å². The van der Waals surface area contributed by atoms with E-state index >= 15 is 0 Å². The SMILES string of the molecule is CC(=O)c1c(C)[nH]c(C(=O)CN2CCC(c3ccccc3)CC2)c1C. The van der Waals surface area contributed by atoms with E-state index in [0.717, 1.165) is 37.2 Å². The van der Waals surface area contributed by atoms with Crippen molar-refractivity contribution in [1.29, 1.82) is 0 Å². The average molecular weight is 338 g/mol. The molecule has 0 amide bonds. The molecule has 2 heterocycles. The monoisotopic (exact) mass is 338 g/mol. The molecule has 1 aliphatic heterocycles. The summed E-state index contributed by atoms with van der Waals surface area (Å²) in [4.78, 5) is 29.8. The second-order valence-electron chi connectivity index (χ2n) is 7.07. The van der Waals surface area contributed by atoms with Crippen LogP contribution in [0.15, 0.2) is 30.3 Å². The molecule has 0 aliphatic carbocycles. The van der Waals surface area contributed by atoms with Gasteiger partial charge in [-0.3, -0.25) is 14.5 Å². The van der Waals surface area contributed by atoms with Gasteiger partial charge in [0.2, 0.25) is 0 Å². The number of carbonyl (C=O) groups is 2. The number of aromatic nitrogens is 1. The summed E-state index contributed by atoms with van der Waals surface area (Å²) in [6.45, 7) is 7.54. The van der Waals surface area contributed by atoms with E-state index in [2.05, 4.69) is 34.1 Å². The first-order valence-electron chi connectivity index (χ1n) is 8.98. The maximum absolute atomic E-state index is 12.7. The van der Waals surface area contributed by atoms with Crippen LogP contribution >= 0.6 is 0 Å². The van der Waals surface area contributed by atoms with Gasteiger partial charge in [0.05, 0.1) is 12.2 Å². The Kier molecular flexibility index (Phi) is 5.19. The molecule has 0 saturated carbocycles. The number of Topliss-reactive ketones (excluding diaryl/α,β-unsaturated/α-hetero) is 2. The van der Waals surface area contributed by atoms with E-state index < -0.39 is 0 Å². The lowest BCUT2D eigenvalue weighted by molar-refractivity contribution is 0.0904. The van der Waals surface area contributed by atoms with E-state index in [9.17, 15) is 9.59 Å². The van der Waals surface area contributed by atoms with Crippen LogP contribution in [0.4, 0.5) is 0 Å². The first-order chi connectivity index (χ1) is 12.0. The highest BCUT2D eigenvalue weighted by Gasteiger charge is 2.25. The van der Waals surface area contributed by atoms with Crippen molar-refractivity contribution in [2.24, 2.45) is 0 Å². The van der Waals surface area contributed by atoms with Crippen molar-refractivity contribution in [2.75, 3.05) is 19.6 Å². The fourth-order valence-electron chi connectivity index (χ4n) is 3.99. The number of piperidine rings is 1. The highest BCUT2D eigenvalue weighted by Crippen LogP contribution is 2.28. The van der Waals surface area contributed by atoms with E-state index in [0.29, 0.717) is 23.7 Å². The van der Waals surface area contributed by atoms with Gasteiger partial charge >= 0.3 is 0 Å². The van der Waals surface area contributed by atoms with Gasteiger partial charge in [0.15, 0.2) is 11.6 Å². The summed E-state index contributed by atoms with van der Waals surface area (Å²) in [6, 6.07) is 10.6. The number of benzene rings is 1. The molecule has 132 valence electrons. The zero-order valence-corrected chi connectivity index (χ0v) is 15.3. The number of hydrogen-bond donors (Lipinski definition) is 1. The van der Waals surface area contributed by atoms with Crippen LogP contribution in [-0.4, -0.2) is 41.1 Å². The van der Waals surface area contributed by atoms with E-state index in [1.807, 2.05) is 19.9 Å². The van der Waals surface area contributed by atoms with Crippen LogP contribution in [0, 0.1) is 13.8 Å². The van der Waals surface area contributed by atoms with Gasteiger partial charge in [0, 0.05) is 11.3 Å². The summed E-state index contributed by atoms with van der Waals surface area (Å²) >= 11 is 0. The molecule has 2 aromatic rings. The van der Waals surface area contributed by atoms with Crippen LogP contribution in [0.2, 0.25) is 0 Å². The van der Waals surface area contributed by atoms with Gasteiger partial charge in [0.25, 0.3) is 0 Å². The van der Waals surface area contributed by atoms with E-state index in [1.54, 1.807) is 6.92 Å². The van der Waals surface area contributed by atoms with Gasteiger partial charge in [-0.2, -0.15) is 0 Å². The zero-order valence-electron chi connectivity index (χ0n) is 15.3. The Balaban J connectivity index is 1.62. The Morgan fingerprint density at radius 3 is 2.32 bits per heavy atom. The van der Waals surface area contributed by atoms with Gasteiger partial charge in [-0.15, -0.1) is 0 Å². The van der Waals surface area contributed by atoms with Gasteiger partial charge in [0.1, 0.15) is 0 Å². The summed E-state index contributed by atoms with van der Waals surface area (Å²) in [7, 11) is 0. The predicted molar refractivity (Wildman–Crippen MR) is 99.5 cm³/mol. The third-order valence-electron chi connectivity index (χ3n) is 5.29. The second kappa shape index (κ2) is 7.36. The van der Waals surface area contributed by atoms with Crippen molar-refractivity contribution in [3.63, 3.8) is 0 Å². The largest absolute Gasteiger partial charge is 0.355 e. The maximum atomic E-state index is 12.7. The lowest BCUT2D eigenvalue weighted by Gasteiger charge is -2.31. The minimum Gasteiger partial charge on any atom is -0.355 e. The number of likely N-dealkylation sites (tertiary alicyclic amines) is 1. The average Bonchev–Trinajstić information content (AvgIpc) is 2.91. The number of carbonyl (C=O) groups excluding carboxylic acids is 2. The third-order valence-corrected chi connectivity index (χ3v) is 5.29. The third kappa shape index (κ3) is 3.74. The summed E-state index contributed by atoms with van der Waals surface area (Å²) in [5.74, 6) is 0.673. The standard InChI is InChI=1S/C21H26N2O2/c1-14-20(16(3)24)15(2)22-21(14)19(25)13-23-11-9-18(10-12-23)17-7-5-4-6-8-17/h4-8,18,22H,9-13H2,1-3H3. The van der Waals surface area contributed by atoms with Crippen LogP contribution in [0.3, 0.4) is 0 Å². The Morgan fingerprint density at radius 2 is 1.76 bits per heavy atom. The summed E-state index contributed by atoms with van der Waals surface area (Å²) < 4.78 is 0. The van der Waals surface area contributed by atoms with Crippen molar-refractivity contribution in [1.82, 2.24) is 9.88 Å². The highest BCUT2D eigenvalue weighted by atomic mass is 16.1. The number of aryl methyl sites for hydroxylation is 1. The number of H-pyrrole nitrogens is 1. The second-order valence-corrected chi connectivity index (χ2v) is 7.07. The first kappa shape index (κ1) is 17.6. The van der Waals surface area contributed by atoms with Crippen molar-refractivity contribution in [3.05, 3.63) is 58.4 Å². The van der Waals surface area contributed by atoms with Crippen LogP contribution in [0.25, 0.3) is 0 Å². The molecule has 1 aromatic carbocycles. The van der Waals surface area contributed by atoms with Gasteiger partial charge in [-0.1, -0.05) is 30.3 Å². The quantitative estimate of drug-likeness (QED) is 0.841. The number of aromatic amines is 1. The van der Waals surface area contributed by atoms with Crippen molar-refractivity contribution in [3.8, 4) is 0 Å². The lowest BCUT2D eigenvalue weighted by Crippen LogP contribution is -2.37. The zero-order chi connectivity index (χ0) is 18.0. The van der Waals surface area contributed by atoms with Crippen molar-refractivity contribution in [2.45, 2.75) is 39.5 Å². The summed E-state index contributed by atoms with van der Waals surface area (Å²) in [6.07, 6.45) is 2.16. The molecule has 0 bridgehead atoms. The first-order valence-corrected chi connectivity index (χ1v) is 8.98. The molecular weight excluding hydrogens is 312 g/mol. The summed E-state index contributed by atoms with van der Waals surface area (Å²) in [5.41, 5.74) is 4.22. The summed E-state index contributed by atoms with van der Waals surface area (Å²) in [5, 5.41) is 0. The molecule has 0 spiro atoms. The Labute approximate surface area is 149 Å². The molecule has 1 fully saturated rings. The minimum absolute atomic E-state index is 0.00831. The van der Waals surface area contributed by atoms with Crippen LogP contribution in [0.5, 0.6) is 0 Å². The molecule has 1 N–H and O–H groups in total. The molecule has 25 heavy (non-hydrogen) atoms. The van der Waals surface area contributed by atoms with Gasteiger partial charge in [-0.05, 0) is 63.7 Å². The lowest BCUT2D eigenvalue weighted by atomic mass is 9.89. The smallest absolute Gasteiger partial charge is 0.193 e. The molecule has 1 aliphatic rings. The molecule has 3 rings (SSSR count). The highest BCUT2D eigenvalue weighted by molar-refractivity contribution is 6.03. The molecule has 1 aromatic heterocycles. The fourth-order valence-corrected chi connectivity index (χ4v) is 3.99. The number of rotatable bonds is 5. The fraction of sp³-hybridized carbons (Fsp3) is 0.429. The topological polar surface area (TPSA) is 53.2 Å². The molecule has 0 radical (unpaired) electrons. The maximum Gasteiger partial charge on any atom is 0.193 e. The molecule has 0 unspecified atom stereocenters. The van der Waals surface area contributed by atoms with Crippen molar-refractivity contribution < 1.29 is 9.59 Å². The molecule has 4 heteroatoms. The number of ketones is 2. The Morgan fingerprint density at radius 1 is 1.12 bits per heavy atom. The Hall–Kier alpha value is -2.20.